The number of hydrogen-bond donors (Lipinski definition) is 1. The van der Waals surface area contributed by atoms with Gasteiger partial charge in [-0.05, 0) is 67.5 Å². The number of aliphatic hydroxyl groups is 1. The van der Waals surface area contributed by atoms with E-state index in [1.807, 2.05) is 54.6 Å². The number of benzene rings is 3. The van der Waals surface area contributed by atoms with E-state index in [-0.39, 0.29) is 11.3 Å². The number of likely N-dealkylation sites (tertiary alicyclic amines) is 1. The summed E-state index contributed by atoms with van der Waals surface area (Å²) in [5, 5.41) is 11.5. The van der Waals surface area contributed by atoms with Crippen LogP contribution >= 0.6 is 0 Å². The molecule has 1 N–H and O–H groups in total. The lowest BCUT2D eigenvalue weighted by molar-refractivity contribution is -0.140. The van der Waals surface area contributed by atoms with Crippen LogP contribution in [0.4, 0.5) is 0 Å². The van der Waals surface area contributed by atoms with E-state index in [2.05, 4.69) is 18.7 Å². The topological polar surface area (TPSA) is 88.5 Å². The molecule has 214 valence electrons. The predicted octanol–water partition coefficient (Wildman–Crippen LogP) is 5.19. The molecule has 1 saturated heterocycles. The van der Waals surface area contributed by atoms with Crippen molar-refractivity contribution in [2.45, 2.75) is 32.9 Å². The second kappa shape index (κ2) is 12.9. The van der Waals surface area contributed by atoms with Crippen LogP contribution < -0.4 is 14.2 Å². The Morgan fingerprint density at radius 3 is 2.37 bits per heavy atom. The Hall–Kier alpha value is -4.30. The molecule has 0 bridgehead atoms. The minimum Gasteiger partial charge on any atom is -0.507 e. The summed E-state index contributed by atoms with van der Waals surface area (Å²) in [5.74, 6) is 0.189. The summed E-state index contributed by atoms with van der Waals surface area (Å²) < 4.78 is 17.2. The number of hydrogen-bond acceptors (Lipinski definition) is 7. The summed E-state index contributed by atoms with van der Waals surface area (Å²) in [6.07, 6.45) is 0.702. The number of amides is 1. The molecule has 0 spiro atoms. The number of fused-ring (bicyclic) bond motifs is 1. The van der Waals surface area contributed by atoms with Crippen LogP contribution in [0.25, 0.3) is 5.76 Å². The van der Waals surface area contributed by atoms with Gasteiger partial charge in [0, 0.05) is 12.1 Å². The zero-order valence-corrected chi connectivity index (χ0v) is 23.5. The van der Waals surface area contributed by atoms with Gasteiger partial charge in [0.1, 0.15) is 31.3 Å². The van der Waals surface area contributed by atoms with Crippen molar-refractivity contribution in [2.75, 3.05) is 39.4 Å². The van der Waals surface area contributed by atoms with Gasteiger partial charge in [0.2, 0.25) is 0 Å². The molecule has 2 aliphatic heterocycles. The van der Waals surface area contributed by atoms with E-state index in [1.54, 1.807) is 23.1 Å². The maximum Gasteiger partial charge on any atom is 0.295 e. The molecule has 1 fully saturated rings. The van der Waals surface area contributed by atoms with Crippen LogP contribution in [0.3, 0.4) is 0 Å². The van der Waals surface area contributed by atoms with Gasteiger partial charge in [0.05, 0.1) is 11.6 Å². The highest BCUT2D eigenvalue weighted by Gasteiger charge is 2.46. The van der Waals surface area contributed by atoms with Crippen LogP contribution in [-0.4, -0.2) is 66.0 Å². The van der Waals surface area contributed by atoms with Gasteiger partial charge in [-0.2, -0.15) is 0 Å². The highest BCUT2D eigenvalue weighted by Crippen LogP contribution is 2.41. The van der Waals surface area contributed by atoms with Gasteiger partial charge in [-0.3, -0.25) is 9.59 Å². The minimum absolute atomic E-state index is 0.0625. The lowest BCUT2D eigenvalue weighted by Crippen LogP contribution is -2.33. The normalized spacial score (nSPS) is 17.7. The maximum atomic E-state index is 13.4. The van der Waals surface area contributed by atoms with Crippen LogP contribution in [0.15, 0.2) is 78.4 Å². The fourth-order valence-electron chi connectivity index (χ4n) is 5.30. The van der Waals surface area contributed by atoms with Gasteiger partial charge in [-0.15, -0.1) is 0 Å². The summed E-state index contributed by atoms with van der Waals surface area (Å²) >= 11 is 0. The van der Waals surface area contributed by atoms with Crippen molar-refractivity contribution < 1.29 is 28.9 Å². The van der Waals surface area contributed by atoms with E-state index >= 15 is 0 Å². The Kier molecular flexibility index (Phi) is 8.89. The van der Waals surface area contributed by atoms with Gasteiger partial charge >= 0.3 is 0 Å². The van der Waals surface area contributed by atoms with Crippen molar-refractivity contribution in [3.05, 3.63) is 95.1 Å². The Labute approximate surface area is 240 Å². The molecular weight excluding hydrogens is 520 g/mol. The Morgan fingerprint density at radius 2 is 1.66 bits per heavy atom. The highest BCUT2D eigenvalue weighted by atomic mass is 16.6. The van der Waals surface area contributed by atoms with E-state index in [0.29, 0.717) is 55.6 Å². The minimum atomic E-state index is -0.733. The molecule has 2 aliphatic rings. The Bertz CT molecular complexity index is 1400. The zero-order chi connectivity index (χ0) is 28.8. The summed E-state index contributed by atoms with van der Waals surface area (Å²) in [6.45, 7) is 8.48. The van der Waals surface area contributed by atoms with Gasteiger partial charge in [-0.1, -0.05) is 56.3 Å². The van der Waals surface area contributed by atoms with Crippen LogP contribution in [0.5, 0.6) is 17.2 Å². The Morgan fingerprint density at radius 1 is 0.951 bits per heavy atom. The smallest absolute Gasteiger partial charge is 0.295 e. The molecule has 41 heavy (non-hydrogen) atoms. The highest BCUT2D eigenvalue weighted by molar-refractivity contribution is 6.46. The van der Waals surface area contributed by atoms with Crippen LogP contribution in [-0.2, 0) is 16.2 Å². The molecular formula is C33H36N2O6. The maximum absolute atomic E-state index is 13.4. The lowest BCUT2D eigenvalue weighted by atomic mass is 9.95. The number of rotatable bonds is 11. The average Bonchev–Trinajstić information content (AvgIpc) is 3.27. The molecule has 3 aromatic carbocycles. The zero-order valence-electron chi connectivity index (χ0n) is 23.5. The largest absolute Gasteiger partial charge is 0.507 e. The Balaban J connectivity index is 1.46. The number of ketones is 1. The van der Waals surface area contributed by atoms with Crippen LogP contribution in [0.2, 0.25) is 0 Å². The first-order chi connectivity index (χ1) is 20.0. The molecule has 0 aromatic heterocycles. The first kappa shape index (κ1) is 28.2. The third kappa shape index (κ3) is 6.23. The third-order valence-corrected chi connectivity index (χ3v) is 7.57. The van der Waals surface area contributed by atoms with Gasteiger partial charge in [0.15, 0.2) is 11.5 Å². The average molecular weight is 557 g/mol. The molecule has 2 heterocycles. The fraction of sp³-hybridized carbons (Fsp3) is 0.333. The van der Waals surface area contributed by atoms with Crippen molar-refractivity contribution >= 4 is 17.4 Å². The van der Waals surface area contributed by atoms with Crippen molar-refractivity contribution in [2.24, 2.45) is 0 Å². The lowest BCUT2D eigenvalue weighted by Gasteiger charge is -2.27. The molecule has 0 aliphatic carbocycles. The predicted molar refractivity (Wildman–Crippen MR) is 156 cm³/mol. The molecule has 0 radical (unpaired) electrons. The fourth-order valence-corrected chi connectivity index (χ4v) is 5.30. The number of carbonyl (C=O) groups is 2. The van der Waals surface area contributed by atoms with E-state index in [4.69, 9.17) is 14.2 Å². The van der Waals surface area contributed by atoms with Crippen molar-refractivity contribution in [3.63, 3.8) is 0 Å². The van der Waals surface area contributed by atoms with E-state index < -0.39 is 17.7 Å². The molecule has 5 rings (SSSR count). The molecule has 1 atom stereocenters. The summed E-state index contributed by atoms with van der Waals surface area (Å²) in [5.41, 5.74) is 2.23. The SMILES string of the molecule is CCN(CC)CCCN1C(=O)C(=O)/C(=C(/O)c2ccc3c(c2)OCCO3)[C@@H]1c1ccc(OCc2ccccc2)cc1. The number of nitrogens with zero attached hydrogens (tertiary/aromatic N) is 2. The van der Waals surface area contributed by atoms with E-state index in [9.17, 15) is 14.7 Å². The summed E-state index contributed by atoms with van der Waals surface area (Å²) in [6, 6.07) is 21.6. The molecule has 3 aromatic rings. The van der Waals surface area contributed by atoms with Crippen LogP contribution in [0, 0.1) is 0 Å². The number of carbonyl (C=O) groups excluding carboxylic acids is 2. The molecule has 8 nitrogen and oxygen atoms in total. The summed E-state index contributed by atoms with van der Waals surface area (Å²) in [4.78, 5) is 30.7. The quantitative estimate of drug-likeness (QED) is 0.198. The van der Waals surface area contributed by atoms with Crippen molar-refractivity contribution in [1.29, 1.82) is 0 Å². The first-order valence-electron chi connectivity index (χ1n) is 14.2. The van der Waals surface area contributed by atoms with Crippen molar-refractivity contribution in [1.82, 2.24) is 9.80 Å². The molecule has 0 unspecified atom stereocenters. The first-order valence-corrected chi connectivity index (χ1v) is 14.2. The van der Waals surface area contributed by atoms with Crippen LogP contribution in [0.1, 0.15) is 43.0 Å². The third-order valence-electron chi connectivity index (χ3n) is 7.57. The monoisotopic (exact) mass is 556 g/mol. The van der Waals surface area contributed by atoms with Gasteiger partial charge < -0.3 is 29.1 Å². The van der Waals surface area contributed by atoms with Crippen molar-refractivity contribution in [3.8, 4) is 17.2 Å². The number of Topliss-reactive ketones (excluding diaryl/α,β-unsaturated/α-hetero) is 1. The van der Waals surface area contributed by atoms with Gasteiger partial charge in [-0.25, -0.2) is 0 Å². The number of aliphatic hydroxyl groups excluding tert-OH is 1. The second-order valence-electron chi connectivity index (χ2n) is 10.1. The standard InChI is InChI=1S/C33H36N2O6/c1-3-34(4-2)17-8-18-35-30(24-11-14-26(15-12-24)41-22-23-9-6-5-7-10-23)29(32(37)33(35)38)31(36)25-13-16-27-28(21-25)40-20-19-39-27/h5-7,9-16,21,30,36H,3-4,8,17-20,22H2,1-2H3/b31-29+/t30-/m0/s1. The number of ether oxygens (including phenoxy) is 3. The van der Waals surface area contributed by atoms with E-state index in [1.165, 1.54) is 0 Å². The molecule has 8 heteroatoms. The summed E-state index contributed by atoms with van der Waals surface area (Å²) in [7, 11) is 0. The second-order valence-corrected chi connectivity index (χ2v) is 10.1. The molecule has 1 amide bonds. The van der Waals surface area contributed by atoms with E-state index in [0.717, 1.165) is 30.8 Å². The van der Waals surface area contributed by atoms with Gasteiger partial charge in [0.25, 0.3) is 11.7 Å². The molecule has 0 saturated carbocycles.